The summed E-state index contributed by atoms with van der Waals surface area (Å²) in [6.07, 6.45) is -1.25. The fraction of sp³-hybridized carbons (Fsp3) is 0.308. The summed E-state index contributed by atoms with van der Waals surface area (Å²) in [5.74, 6) is -0.313. The van der Waals surface area contributed by atoms with Crippen LogP contribution in [0.5, 0.6) is 0 Å². The lowest BCUT2D eigenvalue weighted by atomic mass is 9.87. The molecule has 0 N–H and O–H groups in total. The number of carbonyl (C=O) groups is 1. The fourth-order valence-corrected chi connectivity index (χ4v) is 5.13. The van der Waals surface area contributed by atoms with Gasteiger partial charge in [-0.1, -0.05) is 29.8 Å². The Morgan fingerprint density at radius 1 is 1.09 bits per heavy atom. The minimum atomic E-state index is -4.64. The number of nitrogens with zero attached hydrogens (tertiary/aromatic N) is 2. The van der Waals surface area contributed by atoms with Crippen molar-refractivity contribution in [3.8, 4) is 11.1 Å². The Morgan fingerprint density at radius 3 is 2.50 bits per heavy atom. The molecule has 2 heterocycles. The lowest BCUT2D eigenvalue weighted by Crippen LogP contribution is -2.41. The molecule has 1 aromatic heterocycles. The van der Waals surface area contributed by atoms with Crippen molar-refractivity contribution in [2.45, 2.75) is 38.4 Å². The van der Waals surface area contributed by atoms with Gasteiger partial charge < -0.3 is 4.90 Å². The van der Waals surface area contributed by atoms with Gasteiger partial charge in [0.2, 0.25) is 0 Å². The van der Waals surface area contributed by atoms with Gasteiger partial charge in [-0.05, 0) is 78.6 Å². The van der Waals surface area contributed by atoms with E-state index in [0.717, 1.165) is 24.6 Å². The highest BCUT2D eigenvalue weighted by molar-refractivity contribution is 6.31. The van der Waals surface area contributed by atoms with Gasteiger partial charge in [-0.25, -0.2) is 4.39 Å². The summed E-state index contributed by atoms with van der Waals surface area (Å²) >= 11 is 6.31. The van der Waals surface area contributed by atoms with Gasteiger partial charge in [0.15, 0.2) is 5.69 Å². The predicted octanol–water partition coefficient (Wildman–Crippen LogP) is 7.02. The highest BCUT2D eigenvalue weighted by Crippen LogP contribution is 2.47. The van der Waals surface area contributed by atoms with Gasteiger partial charge in [-0.2, -0.15) is 13.2 Å². The molecule has 1 saturated carbocycles. The zero-order chi connectivity index (χ0) is 24.2. The second-order valence-electron chi connectivity index (χ2n) is 8.92. The first kappa shape index (κ1) is 22.8. The molecular formula is C26H21ClF4N2O. The molecule has 3 nitrogen and oxygen atoms in total. The molecule has 0 radical (unpaired) electrons. The molecule has 8 heteroatoms. The van der Waals surface area contributed by atoms with Crippen LogP contribution >= 0.6 is 11.6 Å². The maximum absolute atomic E-state index is 13.9. The van der Waals surface area contributed by atoms with Gasteiger partial charge in [0.25, 0.3) is 5.91 Å². The second kappa shape index (κ2) is 8.38. The van der Waals surface area contributed by atoms with Crippen LogP contribution in [-0.4, -0.2) is 22.3 Å². The Bertz CT molecular complexity index is 1290. The second-order valence-corrected chi connectivity index (χ2v) is 9.35. The van der Waals surface area contributed by atoms with Crippen molar-refractivity contribution in [1.29, 1.82) is 0 Å². The molecule has 0 bridgehead atoms. The fourth-order valence-electron chi connectivity index (χ4n) is 4.91. The van der Waals surface area contributed by atoms with Gasteiger partial charge >= 0.3 is 6.18 Å². The lowest BCUT2D eigenvalue weighted by molar-refractivity contribution is -0.140. The lowest BCUT2D eigenvalue weighted by Gasteiger charge is -2.37. The van der Waals surface area contributed by atoms with E-state index in [1.165, 1.54) is 30.3 Å². The standard InChI is InChI=1S/C26H21ClF4N2O/c1-14-11-16(6-7-22(14)28)23(15-4-5-15)33-10-8-18-20(12-17(27)13-21(18)25(33)34)19-3-2-9-32-24(19)26(29,30)31/h2-3,6-7,9,11-13,15,23H,4-5,8,10H2,1H3/t23-/m0/s1. The molecule has 5 rings (SSSR count). The van der Waals surface area contributed by atoms with E-state index >= 15 is 0 Å². The van der Waals surface area contributed by atoms with Gasteiger partial charge in [-0.3, -0.25) is 9.78 Å². The third-order valence-corrected chi connectivity index (χ3v) is 6.82. The number of alkyl halides is 3. The van der Waals surface area contributed by atoms with Crippen molar-refractivity contribution in [2.24, 2.45) is 5.92 Å². The van der Waals surface area contributed by atoms with E-state index in [-0.39, 0.29) is 39.8 Å². The molecule has 0 unspecified atom stereocenters. The normalized spacial score (nSPS) is 17.0. The molecule has 0 saturated heterocycles. The molecule has 1 fully saturated rings. The Balaban J connectivity index is 1.59. The van der Waals surface area contributed by atoms with Gasteiger partial charge in [-0.15, -0.1) is 0 Å². The first-order valence-corrected chi connectivity index (χ1v) is 11.4. The number of fused-ring (bicyclic) bond motifs is 1. The van der Waals surface area contributed by atoms with E-state index in [4.69, 9.17) is 11.6 Å². The van der Waals surface area contributed by atoms with Crippen LogP contribution in [0, 0.1) is 18.7 Å². The third-order valence-electron chi connectivity index (χ3n) is 6.60. The first-order valence-electron chi connectivity index (χ1n) is 11.1. The van der Waals surface area contributed by atoms with E-state index in [2.05, 4.69) is 4.98 Å². The van der Waals surface area contributed by atoms with Crippen LogP contribution in [0.15, 0.2) is 48.7 Å². The molecule has 1 amide bonds. The molecule has 3 aromatic rings. The summed E-state index contributed by atoms with van der Waals surface area (Å²) in [4.78, 5) is 19.0. The van der Waals surface area contributed by atoms with Gasteiger partial charge in [0, 0.05) is 28.9 Å². The van der Waals surface area contributed by atoms with Gasteiger partial charge in [0.1, 0.15) is 5.82 Å². The van der Waals surface area contributed by atoms with Crippen LogP contribution in [0.3, 0.4) is 0 Å². The number of benzene rings is 2. The summed E-state index contributed by atoms with van der Waals surface area (Å²) in [7, 11) is 0. The molecule has 2 aliphatic rings. The quantitative estimate of drug-likeness (QED) is 0.370. The van der Waals surface area contributed by atoms with Gasteiger partial charge in [0.05, 0.1) is 6.04 Å². The van der Waals surface area contributed by atoms with E-state index in [1.54, 1.807) is 24.0 Å². The molecule has 34 heavy (non-hydrogen) atoms. The van der Waals surface area contributed by atoms with E-state index in [1.807, 2.05) is 0 Å². The summed E-state index contributed by atoms with van der Waals surface area (Å²) in [5, 5.41) is 0.182. The Kier molecular flexibility index (Phi) is 5.63. The smallest absolute Gasteiger partial charge is 0.331 e. The van der Waals surface area contributed by atoms with Crippen LogP contribution in [0.25, 0.3) is 11.1 Å². The van der Waals surface area contributed by atoms with Crippen molar-refractivity contribution in [1.82, 2.24) is 9.88 Å². The predicted molar refractivity (Wildman–Crippen MR) is 121 cm³/mol. The van der Waals surface area contributed by atoms with Crippen molar-refractivity contribution in [3.63, 3.8) is 0 Å². The number of hydrogen-bond donors (Lipinski definition) is 0. The van der Waals surface area contributed by atoms with Crippen molar-refractivity contribution >= 4 is 17.5 Å². The summed E-state index contributed by atoms with van der Waals surface area (Å²) in [6.45, 7) is 2.04. The molecule has 1 atom stereocenters. The molecular weight excluding hydrogens is 468 g/mol. The minimum Gasteiger partial charge on any atom is -0.331 e. The highest BCUT2D eigenvalue weighted by atomic mass is 35.5. The van der Waals surface area contributed by atoms with Crippen molar-refractivity contribution in [2.75, 3.05) is 6.54 Å². The zero-order valence-corrected chi connectivity index (χ0v) is 19.1. The monoisotopic (exact) mass is 488 g/mol. The highest BCUT2D eigenvalue weighted by Gasteiger charge is 2.42. The van der Waals surface area contributed by atoms with Crippen LogP contribution in [-0.2, 0) is 12.6 Å². The summed E-state index contributed by atoms with van der Waals surface area (Å²) in [5.41, 5.74) is 1.39. The molecule has 176 valence electrons. The van der Waals surface area contributed by atoms with Crippen molar-refractivity contribution in [3.05, 3.63) is 87.4 Å². The van der Waals surface area contributed by atoms with Crippen LogP contribution < -0.4 is 0 Å². The number of hydrogen-bond acceptors (Lipinski definition) is 2. The molecule has 2 aromatic carbocycles. The number of rotatable bonds is 4. The number of pyridine rings is 1. The molecule has 1 aliphatic carbocycles. The van der Waals surface area contributed by atoms with Crippen molar-refractivity contribution < 1.29 is 22.4 Å². The maximum atomic E-state index is 13.9. The summed E-state index contributed by atoms with van der Waals surface area (Å²) < 4.78 is 54.9. The zero-order valence-electron chi connectivity index (χ0n) is 18.3. The van der Waals surface area contributed by atoms with Crippen LogP contribution in [0.4, 0.5) is 17.6 Å². The number of aromatic nitrogens is 1. The minimum absolute atomic E-state index is 0.0945. The Labute approximate surface area is 199 Å². The average Bonchev–Trinajstić information content (AvgIpc) is 3.62. The number of carbonyl (C=O) groups excluding carboxylic acids is 1. The molecule has 1 aliphatic heterocycles. The Hall–Kier alpha value is -2.93. The summed E-state index contributed by atoms with van der Waals surface area (Å²) in [6, 6.07) is 10.5. The average molecular weight is 489 g/mol. The third kappa shape index (κ3) is 4.06. The van der Waals surface area contributed by atoms with E-state index < -0.39 is 11.9 Å². The number of aryl methyl sites for hydroxylation is 1. The van der Waals surface area contributed by atoms with E-state index in [0.29, 0.717) is 29.7 Å². The van der Waals surface area contributed by atoms with E-state index in [9.17, 15) is 22.4 Å². The topological polar surface area (TPSA) is 33.2 Å². The number of amides is 1. The Morgan fingerprint density at radius 2 is 1.82 bits per heavy atom. The maximum Gasteiger partial charge on any atom is 0.433 e. The first-order chi connectivity index (χ1) is 16.1. The molecule has 0 spiro atoms. The SMILES string of the molecule is Cc1cc([C@H](C2CC2)N2CCc3c(cc(Cl)cc3-c3cccnc3C(F)(F)F)C2=O)ccc1F. The number of halogens is 5. The van der Waals surface area contributed by atoms with Crippen LogP contribution in [0.1, 0.15) is 51.6 Å². The largest absolute Gasteiger partial charge is 0.433 e. The van der Waals surface area contributed by atoms with Crippen LogP contribution in [0.2, 0.25) is 5.02 Å².